The lowest BCUT2D eigenvalue weighted by molar-refractivity contribution is 0.580. The zero-order valence-corrected chi connectivity index (χ0v) is 8.76. The van der Waals surface area contributed by atoms with Crippen molar-refractivity contribution in [2.45, 2.75) is 31.7 Å². The Hall–Kier alpha value is -1.63. The smallest absolute Gasteiger partial charge is 0.150 e. The van der Waals surface area contributed by atoms with Crippen molar-refractivity contribution in [2.24, 2.45) is 0 Å². The predicted octanol–water partition coefficient (Wildman–Crippen LogP) is 3.19. The molecule has 1 fully saturated rings. The zero-order chi connectivity index (χ0) is 11.5. The molecule has 1 aromatic rings. The Balaban J connectivity index is 2.23. The first-order chi connectivity index (χ1) is 7.70. The van der Waals surface area contributed by atoms with Gasteiger partial charge in [0.2, 0.25) is 0 Å². The van der Waals surface area contributed by atoms with Crippen molar-refractivity contribution < 1.29 is 8.78 Å². The number of anilines is 1. The lowest BCUT2D eigenvalue weighted by Crippen LogP contribution is -2.16. The molecule has 0 atom stereocenters. The van der Waals surface area contributed by atoms with Gasteiger partial charge in [-0.2, -0.15) is 5.26 Å². The van der Waals surface area contributed by atoms with Gasteiger partial charge in [0.25, 0.3) is 0 Å². The SMILES string of the molecule is N#Cc1cc(F)c(NC2CCCC2)c(F)c1. The maximum absolute atomic E-state index is 13.5. The number of hydrogen-bond donors (Lipinski definition) is 1. The molecule has 0 saturated heterocycles. The first kappa shape index (κ1) is 10.9. The molecule has 0 amide bonds. The number of nitriles is 1. The lowest BCUT2D eigenvalue weighted by Gasteiger charge is -2.14. The summed E-state index contributed by atoms with van der Waals surface area (Å²) in [5, 5.41) is 11.4. The fourth-order valence-electron chi connectivity index (χ4n) is 2.05. The molecule has 16 heavy (non-hydrogen) atoms. The van der Waals surface area contributed by atoms with E-state index in [1.165, 1.54) is 0 Å². The van der Waals surface area contributed by atoms with Crippen LogP contribution in [0.5, 0.6) is 0 Å². The second-order valence-electron chi connectivity index (χ2n) is 4.05. The fourth-order valence-corrected chi connectivity index (χ4v) is 2.05. The van der Waals surface area contributed by atoms with Crippen LogP contribution in [0.25, 0.3) is 0 Å². The molecular weight excluding hydrogens is 210 g/mol. The van der Waals surface area contributed by atoms with Crippen LogP contribution in [-0.4, -0.2) is 6.04 Å². The molecule has 1 aliphatic carbocycles. The van der Waals surface area contributed by atoms with Crippen LogP contribution in [0.15, 0.2) is 12.1 Å². The van der Waals surface area contributed by atoms with E-state index in [9.17, 15) is 8.78 Å². The molecule has 0 bridgehead atoms. The minimum atomic E-state index is -0.691. The van der Waals surface area contributed by atoms with Gasteiger partial charge in [0.15, 0.2) is 11.6 Å². The predicted molar refractivity (Wildman–Crippen MR) is 57.0 cm³/mol. The number of nitrogens with zero attached hydrogens (tertiary/aromatic N) is 1. The highest BCUT2D eigenvalue weighted by molar-refractivity contribution is 5.51. The van der Waals surface area contributed by atoms with E-state index in [-0.39, 0.29) is 17.3 Å². The Labute approximate surface area is 92.9 Å². The summed E-state index contributed by atoms with van der Waals surface area (Å²) in [5.41, 5.74) is -0.0992. The summed E-state index contributed by atoms with van der Waals surface area (Å²) in [7, 11) is 0. The highest BCUT2D eigenvalue weighted by atomic mass is 19.1. The Bertz CT molecular complexity index is 408. The van der Waals surface area contributed by atoms with E-state index in [4.69, 9.17) is 5.26 Å². The van der Waals surface area contributed by atoms with Gasteiger partial charge in [-0.1, -0.05) is 12.8 Å². The molecule has 0 radical (unpaired) electrons. The summed E-state index contributed by atoms with van der Waals surface area (Å²) in [6, 6.07) is 3.98. The van der Waals surface area contributed by atoms with E-state index >= 15 is 0 Å². The van der Waals surface area contributed by atoms with Crippen molar-refractivity contribution >= 4 is 5.69 Å². The quantitative estimate of drug-likeness (QED) is 0.834. The number of nitrogens with one attached hydrogen (secondary N) is 1. The minimum absolute atomic E-state index is 0.00646. The van der Waals surface area contributed by atoms with Crippen LogP contribution in [0, 0.1) is 23.0 Å². The molecule has 0 heterocycles. The van der Waals surface area contributed by atoms with Crippen molar-refractivity contribution in [3.63, 3.8) is 0 Å². The van der Waals surface area contributed by atoms with Gasteiger partial charge in [-0.15, -0.1) is 0 Å². The van der Waals surface area contributed by atoms with Crippen molar-refractivity contribution in [1.82, 2.24) is 0 Å². The summed E-state index contributed by atoms with van der Waals surface area (Å²) in [6.45, 7) is 0. The van der Waals surface area contributed by atoms with Gasteiger partial charge in [-0.25, -0.2) is 8.78 Å². The normalized spacial score (nSPS) is 16.1. The van der Waals surface area contributed by atoms with Crippen LogP contribution in [0.4, 0.5) is 14.5 Å². The largest absolute Gasteiger partial charge is 0.378 e. The molecule has 0 unspecified atom stereocenters. The fraction of sp³-hybridized carbons (Fsp3) is 0.417. The number of halogens is 2. The molecule has 0 aromatic heterocycles. The maximum atomic E-state index is 13.5. The molecule has 1 saturated carbocycles. The summed E-state index contributed by atoms with van der Waals surface area (Å²) in [5.74, 6) is -1.38. The van der Waals surface area contributed by atoms with E-state index in [0.717, 1.165) is 37.8 Å². The highest BCUT2D eigenvalue weighted by Gasteiger charge is 2.19. The Morgan fingerprint density at radius 2 is 1.75 bits per heavy atom. The average Bonchev–Trinajstić information content (AvgIpc) is 2.75. The van der Waals surface area contributed by atoms with E-state index in [2.05, 4.69) is 5.32 Å². The molecule has 0 spiro atoms. The van der Waals surface area contributed by atoms with Crippen molar-refractivity contribution in [3.8, 4) is 6.07 Å². The Morgan fingerprint density at radius 3 is 2.25 bits per heavy atom. The summed E-state index contributed by atoms with van der Waals surface area (Å²) < 4.78 is 27.0. The van der Waals surface area contributed by atoms with Crippen LogP contribution in [0.1, 0.15) is 31.2 Å². The maximum Gasteiger partial charge on any atom is 0.150 e. The topological polar surface area (TPSA) is 35.8 Å². The number of hydrogen-bond acceptors (Lipinski definition) is 2. The molecule has 4 heteroatoms. The number of benzene rings is 1. The van der Waals surface area contributed by atoms with Crippen LogP contribution in [-0.2, 0) is 0 Å². The van der Waals surface area contributed by atoms with Gasteiger partial charge in [0, 0.05) is 6.04 Å². The molecule has 2 rings (SSSR count). The van der Waals surface area contributed by atoms with Crippen molar-refractivity contribution in [1.29, 1.82) is 5.26 Å². The highest BCUT2D eigenvalue weighted by Crippen LogP contribution is 2.26. The third-order valence-electron chi connectivity index (χ3n) is 2.87. The Morgan fingerprint density at radius 1 is 1.19 bits per heavy atom. The second kappa shape index (κ2) is 4.48. The zero-order valence-electron chi connectivity index (χ0n) is 8.76. The van der Waals surface area contributed by atoms with Crippen LogP contribution >= 0.6 is 0 Å². The van der Waals surface area contributed by atoms with Gasteiger partial charge in [-0.3, -0.25) is 0 Å². The third-order valence-corrected chi connectivity index (χ3v) is 2.87. The summed E-state index contributed by atoms with van der Waals surface area (Å²) >= 11 is 0. The summed E-state index contributed by atoms with van der Waals surface area (Å²) in [4.78, 5) is 0. The van der Waals surface area contributed by atoms with Gasteiger partial charge in [-0.05, 0) is 25.0 Å². The van der Waals surface area contributed by atoms with Crippen LogP contribution in [0.2, 0.25) is 0 Å². The molecule has 1 aliphatic rings. The molecule has 0 aliphatic heterocycles. The monoisotopic (exact) mass is 222 g/mol. The molecule has 1 aromatic carbocycles. The van der Waals surface area contributed by atoms with Crippen molar-refractivity contribution in [3.05, 3.63) is 29.3 Å². The lowest BCUT2D eigenvalue weighted by atomic mass is 10.1. The summed E-state index contributed by atoms with van der Waals surface area (Å²) in [6.07, 6.45) is 4.08. The molecular formula is C12H12F2N2. The van der Waals surface area contributed by atoms with Gasteiger partial charge in [0.05, 0.1) is 11.6 Å². The molecule has 84 valence electrons. The number of rotatable bonds is 2. The van der Waals surface area contributed by atoms with E-state index in [0.29, 0.717) is 0 Å². The molecule has 1 N–H and O–H groups in total. The van der Waals surface area contributed by atoms with Gasteiger partial charge < -0.3 is 5.32 Å². The van der Waals surface area contributed by atoms with E-state index in [1.807, 2.05) is 0 Å². The average molecular weight is 222 g/mol. The van der Waals surface area contributed by atoms with Crippen LogP contribution < -0.4 is 5.32 Å². The van der Waals surface area contributed by atoms with Gasteiger partial charge >= 0.3 is 0 Å². The standard InChI is InChI=1S/C12H12F2N2/c13-10-5-8(7-15)6-11(14)12(10)16-9-3-1-2-4-9/h5-6,9,16H,1-4H2. The van der Waals surface area contributed by atoms with E-state index < -0.39 is 11.6 Å². The van der Waals surface area contributed by atoms with Crippen LogP contribution in [0.3, 0.4) is 0 Å². The Kier molecular flexibility index (Phi) is 3.04. The second-order valence-corrected chi connectivity index (χ2v) is 4.05. The molecule has 2 nitrogen and oxygen atoms in total. The first-order valence-electron chi connectivity index (χ1n) is 5.36. The van der Waals surface area contributed by atoms with E-state index in [1.54, 1.807) is 6.07 Å². The first-order valence-corrected chi connectivity index (χ1v) is 5.36. The van der Waals surface area contributed by atoms with Gasteiger partial charge in [0.1, 0.15) is 5.69 Å². The third kappa shape index (κ3) is 2.13. The van der Waals surface area contributed by atoms with Crippen molar-refractivity contribution in [2.75, 3.05) is 5.32 Å². The minimum Gasteiger partial charge on any atom is -0.378 e.